The van der Waals surface area contributed by atoms with Gasteiger partial charge in [0.2, 0.25) is 0 Å². The molecule has 0 aromatic carbocycles. The summed E-state index contributed by atoms with van der Waals surface area (Å²) in [4.78, 5) is 22.6. The van der Waals surface area contributed by atoms with Crippen molar-refractivity contribution in [3.05, 3.63) is 0 Å². The van der Waals surface area contributed by atoms with Crippen molar-refractivity contribution in [2.75, 3.05) is 40.1 Å². The summed E-state index contributed by atoms with van der Waals surface area (Å²) in [5.74, 6) is -1.25. The Balaban J connectivity index is 3.52. The molecule has 0 bridgehead atoms. The highest BCUT2D eigenvalue weighted by Gasteiger charge is 2.25. The predicted molar refractivity (Wildman–Crippen MR) is 64.1 cm³/mol. The molecule has 0 aromatic heterocycles. The molecule has 0 saturated heterocycles. The van der Waals surface area contributed by atoms with E-state index in [9.17, 15) is 9.59 Å². The molecule has 0 radical (unpaired) electrons. The molecule has 0 heterocycles. The van der Waals surface area contributed by atoms with Crippen molar-refractivity contribution in [3.63, 3.8) is 0 Å². The van der Waals surface area contributed by atoms with Crippen LogP contribution in [0.5, 0.6) is 0 Å². The summed E-state index contributed by atoms with van der Waals surface area (Å²) in [6, 6.07) is 0. The lowest BCUT2D eigenvalue weighted by molar-refractivity contribution is -0.168. The predicted octanol–water partition coefficient (Wildman–Crippen LogP) is 0.782. The Morgan fingerprint density at radius 3 is 2.06 bits per heavy atom. The van der Waals surface area contributed by atoms with Gasteiger partial charge in [-0.1, -0.05) is 0 Å². The van der Waals surface area contributed by atoms with Crippen LogP contribution in [0.3, 0.4) is 0 Å². The minimum absolute atomic E-state index is 0.255. The van der Waals surface area contributed by atoms with Crippen molar-refractivity contribution in [1.82, 2.24) is 0 Å². The minimum atomic E-state index is -0.696. The Morgan fingerprint density at radius 2 is 1.50 bits per heavy atom. The molecule has 0 rings (SSSR count). The molecule has 0 amide bonds. The van der Waals surface area contributed by atoms with Crippen LogP contribution in [0.1, 0.15) is 20.8 Å². The van der Waals surface area contributed by atoms with Gasteiger partial charge in [0, 0.05) is 7.11 Å². The number of esters is 2. The van der Waals surface area contributed by atoms with Crippen LogP contribution in [0.15, 0.2) is 0 Å². The molecule has 0 fully saturated rings. The lowest BCUT2D eigenvalue weighted by Crippen LogP contribution is -2.28. The molecule has 0 aromatic rings. The molecule has 0 atom stereocenters. The molecule has 0 saturated carbocycles. The summed E-state index contributed by atoms with van der Waals surface area (Å²) in [7, 11) is 1.59. The van der Waals surface area contributed by atoms with Gasteiger partial charge in [0.1, 0.15) is 6.61 Å². The molecule has 0 aliphatic carbocycles. The number of rotatable bonds is 8. The first-order valence-electron chi connectivity index (χ1n) is 5.77. The van der Waals surface area contributed by atoms with Gasteiger partial charge in [-0.2, -0.15) is 0 Å². The summed E-state index contributed by atoms with van der Waals surface area (Å²) in [5, 5.41) is 0. The first-order chi connectivity index (χ1) is 8.38. The summed E-state index contributed by atoms with van der Waals surface area (Å²) in [6.07, 6.45) is 0. The van der Waals surface area contributed by atoms with E-state index in [2.05, 4.69) is 4.74 Å². The maximum absolute atomic E-state index is 11.3. The molecule has 6 heteroatoms. The van der Waals surface area contributed by atoms with Crippen LogP contribution in [-0.4, -0.2) is 52.1 Å². The third-order valence-electron chi connectivity index (χ3n) is 1.84. The second kappa shape index (κ2) is 9.02. The molecule has 0 unspecified atom stereocenters. The fourth-order valence-corrected chi connectivity index (χ4v) is 0.804. The molecule has 106 valence electrons. The average Bonchev–Trinajstić information content (AvgIpc) is 2.26. The van der Waals surface area contributed by atoms with Crippen LogP contribution >= 0.6 is 0 Å². The van der Waals surface area contributed by atoms with Crippen molar-refractivity contribution in [3.8, 4) is 0 Å². The van der Waals surface area contributed by atoms with E-state index >= 15 is 0 Å². The van der Waals surface area contributed by atoms with Crippen LogP contribution in [0.4, 0.5) is 0 Å². The van der Waals surface area contributed by atoms with Gasteiger partial charge < -0.3 is 18.9 Å². The Bertz CT molecular complexity index is 256. The minimum Gasteiger partial charge on any atom is -0.391 e. The number of hydrogen-bond donors (Lipinski definition) is 0. The monoisotopic (exact) mass is 262 g/mol. The zero-order valence-electron chi connectivity index (χ0n) is 11.5. The van der Waals surface area contributed by atoms with Crippen molar-refractivity contribution in [2.45, 2.75) is 20.8 Å². The fraction of sp³-hybridized carbons (Fsp3) is 0.833. The van der Waals surface area contributed by atoms with Gasteiger partial charge in [-0.15, -0.1) is 0 Å². The van der Waals surface area contributed by atoms with Crippen molar-refractivity contribution >= 4 is 11.9 Å². The molecular weight excluding hydrogens is 240 g/mol. The first-order valence-corrected chi connectivity index (χ1v) is 5.77. The van der Waals surface area contributed by atoms with Crippen LogP contribution < -0.4 is 0 Å². The summed E-state index contributed by atoms with van der Waals surface area (Å²) < 4.78 is 19.5. The molecule has 18 heavy (non-hydrogen) atoms. The van der Waals surface area contributed by atoms with E-state index < -0.39 is 17.4 Å². The molecule has 0 N–H and O–H groups in total. The zero-order valence-corrected chi connectivity index (χ0v) is 11.5. The number of hydrogen-bond acceptors (Lipinski definition) is 6. The van der Waals surface area contributed by atoms with Crippen LogP contribution in [0.2, 0.25) is 0 Å². The zero-order chi connectivity index (χ0) is 14.0. The maximum Gasteiger partial charge on any atom is 0.339 e. The first kappa shape index (κ1) is 17.0. The Hall–Kier alpha value is -0.980. The standard InChI is InChI=1S/C12H22O6/c1-12(2,3)11(14)18-10(13)9-17-8-7-16-6-5-15-4/h5-9H2,1-4H3. The van der Waals surface area contributed by atoms with Crippen molar-refractivity contribution < 1.29 is 28.5 Å². The van der Waals surface area contributed by atoms with E-state index in [0.29, 0.717) is 19.8 Å². The van der Waals surface area contributed by atoms with E-state index in [1.54, 1.807) is 27.9 Å². The lowest BCUT2D eigenvalue weighted by atomic mass is 9.97. The molecular formula is C12H22O6. The van der Waals surface area contributed by atoms with Crippen molar-refractivity contribution in [2.24, 2.45) is 5.41 Å². The van der Waals surface area contributed by atoms with Gasteiger partial charge in [-0.05, 0) is 20.8 Å². The van der Waals surface area contributed by atoms with Gasteiger partial charge >= 0.3 is 11.9 Å². The smallest absolute Gasteiger partial charge is 0.339 e. The number of carbonyl (C=O) groups is 2. The van der Waals surface area contributed by atoms with E-state index in [-0.39, 0.29) is 13.2 Å². The van der Waals surface area contributed by atoms with Gasteiger partial charge in [-0.25, -0.2) is 4.79 Å². The third kappa shape index (κ3) is 9.09. The summed E-state index contributed by atoms with van der Waals surface area (Å²) in [6.45, 7) is 6.39. The van der Waals surface area contributed by atoms with Crippen molar-refractivity contribution in [1.29, 1.82) is 0 Å². The SMILES string of the molecule is COCCOCCOCC(=O)OC(=O)C(C)(C)C. The van der Waals surface area contributed by atoms with Gasteiger partial charge in [-0.3, -0.25) is 4.79 Å². The maximum atomic E-state index is 11.3. The highest BCUT2D eigenvalue weighted by molar-refractivity contribution is 5.88. The quantitative estimate of drug-likeness (QED) is 0.366. The Morgan fingerprint density at radius 1 is 0.944 bits per heavy atom. The fourth-order valence-electron chi connectivity index (χ4n) is 0.804. The van der Waals surface area contributed by atoms with E-state index in [4.69, 9.17) is 14.2 Å². The molecule has 0 aliphatic heterocycles. The van der Waals surface area contributed by atoms with Crippen LogP contribution in [0, 0.1) is 5.41 Å². The average molecular weight is 262 g/mol. The normalized spacial score (nSPS) is 11.3. The Labute approximate surface area is 108 Å². The highest BCUT2D eigenvalue weighted by atomic mass is 16.6. The highest BCUT2D eigenvalue weighted by Crippen LogP contribution is 2.14. The van der Waals surface area contributed by atoms with E-state index in [1.165, 1.54) is 0 Å². The van der Waals surface area contributed by atoms with Gasteiger partial charge in [0.05, 0.1) is 31.8 Å². The summed E-state index contributed by atoms with van der Waals surface area (Å²) >= 11 is 0. The van der Waals surface area contributed by atoms with Gasteiger partial charge in [0.15, 0.2) is 0 Å². The molecule has 0 spiro atoms. The van der Waals surface area contributed by atoms with Crippen LogP contribution in [-0.2, 0) is 28.5 Å². The number of ether oxygens (including phenoxy) is 4. The topological polar surface area (TPSA) is 71.1 Å². The number of carbonyl (C=O) groups excluding carboxylic acids is 2. The number of methoxy groups -OCH3 is 1. The van der Waals surface area contributed by atoms with Crippen LogP contribution in [0.25, 0.3) is 0 Å². The van der Waals surface area contributed by atoms with Gasteiger partial charge in [0.25, 0.3) is 0 Å². The second-order valence-electron chi connectivity index (χ2n) is 4.67. The summed E-state index contributed by atoms with van der Waals surface area (Å²) in [5.41, 5.74) is -0.696. The van der Waals surface area contributed by atoms with E-state index in [1.807, 2.05) is 0 Å². The largest absolute Gasteiger partial charge is 0.391 e. The Kier molecular flexibility index (Phi) is 8.53. The second-order valence-corrected chi connectivity index (χ2v) is 4.67. The molecule has 0 aliphatic rings. The van der Waals surface area contributed by atoms with E-state index in [0.717, 1.165) is 0 Å². The third-order valence-corrected chi connectivity index (χ3v) is 1.84. The lowest BCUT2D eigenvalue weighted by Gasteiger charge is -2.15. The molecule has 6 nitrogen and oxygen atoms in total.